The van der Waals surface area contributed by atoms with Gasteiger partial charge in [-0.1, -0.05) is 50.7 Å². The van der Waals surface area contributed by atoms with Gasteiger partial charge in [0.1, 0.15) is 0 Å². The second-order valence-corrected chi connectivity index (χ2v) is 37.7. The van der Waals surface area contributed by atoms with Crippen LogP contribution >= 0.6 is 0 Å². The SMILES string of the molecule is C12C3C4C1C1C2C3C41.C1=CC2C3CCC(C3)C2C1.C1C2C3CC4C5CC3C1C5C24.C1C2CC3C1C3C2.C1C2CC3CC1CC(C2)C3.C1C2CC3CC1CC3C2.C1CC2CC3CCCC3(C1)C2.C1CCC2C3CCC2C(C1)C3. The zero-order valence-electron chi connectivity index (χ0n) is 49.0. The quantitative estimate of drug-likeness (QED) is 0.212. The summed E-state index contributed by atoms with van der Waals surface area (Å²) in [4.78, 5) is 0. The molecule has 32 aliphatic carbocycles. The maximum absolute atomic E-state index is 2.49. The Kier molecular flexibility index (Phi) is 10.4. The summed E-state index contributed by atoms with van der Waals surface area (Å²) in [5, 5.41) is 0. The Morgan fingerprint density at radius 3 is 1.22 bits per heavy atom. The number of rotatable bonds is 0. The maximum atomic E-state index is 2.49. The molecule has 0 aliphatic heterocycles. The molecule has 0 nitrogen and oxygen atoms in total. The van der Waals surface area contributed by atoms with Crippen molar-refractivity contribution in [2.45, 2.75) is 231 Å². The van der Waals surface area contributed by atoms with Crippen LogP contribution in [0, 0.1) is 230 Å². The summed E-state index contributed by atoms with van der Waals surface area (Å²) in [7, 11) is 0. The highest BCUT2D eigenvalue weighted by Crippen LogP contribution is 3.01. The van der Waals surface area contributed by atoms with Crippen molar-refractivity contribution < 1.29 is 0 Å². The summed E-state index contributed by atoms with van der Waals surface area (Å²) in [6, 6.07) is 0. The van der Waals surface area contributed by atoms with Crippen LogP contribution in [0.1, 0.15) is 231 Å². The fraction of sp³-hybridized carbons (Fsp3) is 0.974. The van der Waals surface area contributed by atoms with Gasteiger partial charge in [0, 0.05) is 0 Å². The van der Waals surface area contributed by atoms with Crippen LogP contribution in [0.3, 0.4) is 0 Å². The first kappa shape index (κ1) is 47.0. The van der Waals surface area contributed by atoms with Gasteiger partial charge in [0.15, 0.2) is 0 Å². The zero-order chi connectivity index (χ0) is 49.3. The monoisotopic (exact) mass is 1040 g/mol. The molecule has 31 saturated carbocycles. The van der Waals surface area contributed by atoms with Crippen LogP contribution in [-0.2, 0) is 0 Å². The summed E-state index contributed by atoms with van der Waals surface area (Å²) in [6.45, 7) is 0. The highest BCUT2D eigenvalue weighted by atomic mass is 15.0. The van der Waals surface area contributed by atoms with Crippen molar-refractivity contribution in [1.29, 1.82) is 0 Å². The van der Waals surface area contributed by atoms with E-state index in [0.717, 1.165) is 35.0 Å². The van der Waals surface area contributed by atoms with Crippen molar-refractivity contribution in [2.24, 2.45) is 230 Å². The Labute approximate surface area is 471 Å². The Morgan fingerprint density at radius 1 is 0.247 bits per heavy atom. The Balaban J connectivity index is 0.0000000637. The lowest BCUT2D eigenvalue weighted by Crippen LogP contribution is -3.00. The van der Waals surface area contributed by atoms with Crippen LogP contribution in [0.4, 0.5) is 0 Å². The molecule has 0 heterocycles. The average molecular weight is 1040 g/mol. The molecule has 31 fully saturated rings. The summed E-state index contributed by atoms with van der Waals surface area (Å²) in [5.41, 5.74) is 0.906. The lowest BCUT2D eigenvalue weighted by Gasteiger charge is -3.03. The highest BCUT2D eigenvalue weighted by Gasteiger charge is 2.97. The molecule has 1 spiro atoms. The minimum absolute atomic E-state index is 0.906. The molecule has 0 heteroatoms. The van der Waals surface area contributed by atoms with E-state index in [9.17, 15) is 0 Å². The molecule has 0 N–H and O–H groups in total. The normalized spacial score (nSPS) is 67.4. The molecular formula is C77H112. The first-order chi connectivity index (χ1) is 38.0. The van der Waals surface area contributed by atoms with E-state index in [2.05, 4.69) is 12.2 Å². The summed E-state index contributed by atoms with van der Waals surface area (Å²) >= 11 is 0. The van der Waals surface area contributed by atoms with E-state index >= 15 is 0 Å². The van der Waals surface area contributed by atoms with Crippen LogP contribution in [0.15, 0.2) is 12.2 Å². The number of allylic oxidation sites excluding steroid dienone is 2. The largest absolute Gasteiger partial charge is 0.0879 e. The molecule has 0 aromatic rings. The number of fused-ring (bicyclic) bond motifs is 8. The molecule has 22 bridgehead atoms. The Morgan fingerprint density at radius 2 is 0.675 bits per heavy atom. The topological polar surface area (TPSA) is 0 Å². The van der Waals surface area contributed by atoms with Gasteiger partial charge in [-0.25, -0.2) is 0 Å². The molecule has 420 valence electrons. The van der Waals surface area contributed by atoms with Crippen molar-refractivity contribution in [3.63, 3.8) is 0 Å². The van der Waals surface area contributed by atoms with E-state index in [1.54, 1.807) is 218 Å². The van der Waals surface area contributed by atoms with Crippen LogP contribution in [-0.4, -0.2) is 0 Å². The second kappa shape index (κ2) is 17.0. The fourth-order valence-electron chi connectivity index (χ4n) is 34.4. The van der Waals surface area contributed by atoms with Crippen LogP contribution in [0.25, 0.3) is 0 Å². The summed E-state index contributed by atoms with van der Waals surface area (Å²) < 4.78 is 0. The van der Waals surface area contributed by atoms with E-state index in [0.29, 0.717) is 0 Å². The van der Waals surface area contributed by atoms with Crippen LogP contribution in [0.5, 0.6) is 0 Å². The minimum Gasteiger partial charge on any atom is -0.0879 e. The van der Waals surface area contributed by atoms with Crippen molar-refractivity contribution in [2.75, 3.05) is 0 Å². The predicted molar refractivity (Wildman–Crippen MR) is 310 cm³/mol. The van der Waals surface area contributed by atoms with E-state index in [4.69, 9.17) is 0 Å². The maximum Gasteiger partial charge on any atom is -0.0171 e. The third-order valence-corrected chi connectivity index (χ3v) is 36.0. The van der Waals surface area contributed by atoms with Crippen LogP contribution in [0.2, 0.25) is 0 Å². The van der Waals surface area contributed by atoms with E-state index in [1.807, 2.05) is 0 Å². The molecule has 77 heavy (non-hydrogen) atoms. The van der Waals surface area contributed by atoms with E-state index in [-0.39, 0.29) is 0 Å². The van der Waals surface area contributed by atoms with Gasteiger partial charge in [-0.15, -0.1) is 0 Å². The zero-order valence-corrected chi connectivity index (χ0v) is 49.0. The molecule has 0 saturated heterocycles. The third-order valence-electron chi connectivity index (χ3n) is 36.0. The van der Waals surface area contributed by atoms with Crippen molar-refractivity contribution in [3.05, 3.63) is 12.2 Å². The first-order valence-corrected chi connectivity index (χ1v) is 37.7. The molecule has 0 aromatic heterocycles. The third kappa shape index (κ3) is 6.60. The van der Waals surface area contributed by atoms with E-state index in [1.165, 1.54) is 208 Å². The number of hydrogen-bond acceptors (Lipinski definition) is 0. The van der Waals surface area contributed by atoms with Gasteiger partial charge >= 0.3 is 0 Å². The molecular weight excluding hydrogens is 925 g/mol. The lowest BCUT2D eigenvalue weighted by atomic mass is 9.01. The van der Waals surface area contributed by atoms with Crippen molar-refractivity contribution >= 4 is 0 Å². The van der Waals surface area contributed by atoms with Gasteiger partial charge in [-0.05, 0) is 423 Å². The van der Waals surface area contributed by atoms with Crippen molar-refractivity contribution in [1.82, 2.24) is 0 Å². The predicted octanol–water partition coefficient (Wildman–Crippen LogP) is 19.3. The van der Waals surface area contributed by atoms with Gasteiger partial charge in [0.25, 0.3) is 0 Å². The lowest BCUT2D eigenvalue weighted by molar-refractivity contribution is -0.565. The van der Waals surface area contributed by atoms with Gasteiger partial charge in [-0.2, -0.15) is 0 Å². The minimum atomic E-state index is 0.906. The smallest absolute Gasteiger partial charge is 0.0171 e. The fourth-order valence-corrected chi connectivity index (χ4v) is 34.4. The van der Waals surface area contributed by atoms with Gasteiger partial charge in [0.05, 0.1) is 0 Å². The molecule has 19 unspecified atom stereocenters. The Hall–Kier alpha value is -0.260. The van der Waals surface area contributed by atoms with Gasteiger partial charge < -0.3 is 0 Å². The molecule has 0 amide bonds. The molecule has 32 rings (SSSR count). The van der Waals surface area contributed by atoms with E-state index < -0.39 is 0 Å². The average Bonchev–Trinajstić information content (AvgIpc) is 1.98. The standard InChI is InChI=1S/C11H14.2C11H18.C10H16.C10H14.C9H14.C8H8.C7H10/c1-4-5-2-9-8(1)10-6(4)3-7(5)11(9)10;1-3-9-7-10-4-2-6-11(10,5-1)8-9;1-2-4-10-9-5-6-11(10)8(3-1)7-9;1-7-2-9-4-8(1)5-10(3-7)6-9;1-2-9-7-4-5-8(6-7)10(9)3-1;1-6-2-8-4-7(1)5-9(8)3-6;1-2-5-3(1)7-4(1)6(2)8(5)7;1-4-2-6-5(1)7(6)3-4/h4-11H,1-3H2;9-10H,1-8H2;8-11H,1-7H2;7-10H,1-6H2;1-2,7-10H,3-6H2;6-9H,1-5H2;1-8H;4-7H,1-3H2. The molecule has 32 aliphatic rings. The molecule has 19 atom stereocenters. The number of hydrogen-bond donors (Lipinski definition) is 0. The van der Waals surface area contributed by atoms with Crippen molar-refractivity contribution in [3.8, 4) is 0 Å². The van der Waals surface area contributed by atoms with Gasteiger partial charge in [0.2, 0.25) is 0 Å². The highest BCUT2D eigenvalue weighted by molar-refractivity contribution is 5.44. The first-order valence-electron chi connectivity index (χ1n) is 37.7. The molecule has 0 radical (unpaired) electrons. The molecule has 0 aromatic carbocycles. The van der Waals surface area contributed by atoms with Crippen LogP contribution < -0.4 is 0 Å². The Bertz CT molecular complexity index is 2070. The van der Waals surface area contributed by atoms with Gasteiger partial charge in [-0.3, -0.25) is 0 Å². The summed E-state index contributed by atoms with van der Waals surface area (Å²) in [5.74, 6) is 46.7. The summed E-state index contributed by atoms with van der Waals surface area (Å²) in [6.07, 6.45) is 62.3. The second-order valence-electron chi connectivity index (χ2n) is 37.7.